The fraction of sp³-hybridized carbons (Fsp3) is 0.500. The van der Waals surface area contributed by atoms with E-state index in [0.717, 1.165) is 22.0 Å². The quantitative estimate of drug-likeness (QED) is 0.804. The fourth-order valence-electron chi connectivity index (χ4n) is 1.64. The molecule has 0 aliphatic heterocycles. The van der Waals surface area contributed by atoms with Crippen LogP contribution in [0, 0.1) is 0 Å². The molecule has 0 spiro atoms. The van der Waals surface area contributed by atoms with Crippen LogP contribution in [0.5, 0.6) is 11.5 Å². The van der Waals surface area contributed by atoms with Crippen molar-refractivity contribution in [3.63, 3.8) is 0 Å². The van der Waals surface area contributed by atoms with Crippen LogP contribution in [0.4, 0.5) is 0 Å². The van der Waals surface area contributed by atoms with E-state index in [1.807, 2.05) is 18.4 Å². The third-order valence-electron chi connectivity index (χ3n) is 2.62. The molecule has 2 N–H and O–H groups in total. The number of benzene rings is 1. The summed E-state index contributed by atoms with van der Waals surface area (Å²) < 4.78 is 10.8. The van der Waals surface area contributed by atoms with Gasteiger partial charge >= 0.3 is 0 Å². The zero-order valence-electron chi connectivity index (χ0n) is 10.2. The Labute approximate surface area is 101 Å². The van der Waals surface area contributed by atoms with Crippen molar-refractivity contribution in [3.05, 3.63) is 17.7 Å². The molecule has 0 saturated carbocycles. The summed E-state index contributed by atoms with van der Waals surface area (Å²) in [6.07, 6.45) is 2.01. The number of ether oxygens (including phenoxy) is 2. The zero-order chi connectivity index (χ0) is 12.1. The summed E-state index contributed by atoms with van der Waals surface area (Å²) in [6, 6.07) is 3.99. The summed E-state index contributed by atoms with van der Waals surface area (Å²) in [5.74, 6) is 2.01. The fourth-order valence-corrected chi connectivity index (χ4v) is 2.38. The van der Waals surface area contributed by atoms with Gasteiger partial charge in [0.05, 0.1) is 19.1 Å². The zero-order valence-corrected chi connectivity index (χ0v) is 11.1. The molecule has 1 aromatic carbocycles. The molecule has 1 aromatic rings. The van der Waals surface area contributed by atoms with Crippen molar-refractivity contribution in [2.24, 2.45) is 5.73 Å². The highest BCUT2D eigenvalue weighted by atomic mass is 32.2. The minimum atomic E-state index is 0.284. The average molecular weight is 241 g/mol. The molecule has 0 radical (unpaired) electrons. The lowest BCUT2D eigenvalue weighted by Gasteiger charge is -2.18. The topological polar surface area (TPSA) is 44.5 Å². The SMILES string of the molecule is COc1ccc(C(C)CN)c(OC)c1SC. The second-order valence-corrected chi connectivity index (χ2v) is 4.38. The van der Waals surface area contributed by atoms with Gasteiger partial charge in [0.15, 0.2) is 0 Å². The average Bonchev–Trinajstić information content (AvgIpc) is 2.35. The van der Waals surface area contributed by atoms with Crippen molar-refractivity contribution in [2.75, 3.05) is 27.0 Å². The first kappa shape index (κ1) is 13.2. The lowest BCUT2D eigenvalue weighted by atomic mass is 10.00. The molecule has 1 atom stereocenters. The van der Waals surface area contributed by atoms with Gasteiger partial charge in [0.2, 0.25) is 0 Å². The van der Waals surface area contributed by atoms with Crippen LogP contribution < -0.4 is 15.2 Å². The Morgan fingerprint density at radius 3 is 2.44 bits per heavy atom. The molecule has 0 heterocycles. The molecule has 0 saturated heterocycles. The molecule has 0 aromatic heterocycles. The van der Waals surface area contributed by atoms with E-state index in [4.69, 9.17) is 15.2 Å². The maximum atomic E-state index is 5.70. The number of nitrogens with two attached hydrogens (primary N) is 1. The van der Waals surface area contributed by atoms with Crippen molar-refractivity contribution in [1.82, 2.24) is 0 Å². The number of hydrogen-bond donors (Lipinski definition) is 1. The van der Waals surface area contributed by atoms with Gasteiger partial charge in [-0.1, -0.05) is 13.0 Å². The Hall–Kier alpha value is -0.870. The minimum absolute atomic E-state index is 0.284. The van der Waals surface area contributed by atoms with Crippen LogP contribution >= 0.6 is 11.8 Å². The summed E-state index contributed by atoms with van der Waals surface area (Å²) in [7, 11) is 3.35. The van der Waals surface area contributed by atoms with Crippen LogP contribution in [-0.4, -0.2) is 27.0 Å². The van der Waals surface area contributed by atoms with Crippen LogP contribution in [0.3, 0.4) is 0 Å². The van der Waals surface area contributed by atoms with E-state index in [2.05, 4.69) is 6.92 Å². The molecule has 1 unspecified atom stereocenters. The molecule has 16 heavy (non-hydrogen) atoms. The van der Waals surface area contributed by atoms with Gasteiger partial charge in [-0.3, -0.25) is 0 Å². The van der Waals surface area contributed by atoms with E-state index in [0.29, 0.717) is 6.54 Å². The van der Waals surface area contributed by atoms with Gasteiger partial charge in [-0.05, 0) is 30.3 Å². The van der Waals surface area contributed by atoms with E-state index >= 15 is 0 Å². The first-order valence-electron chi connectivity index (χ1n) is 5.18. The van der Waals surface area contributed by atoms with Gasteiger partial charge in [-0.25, -0.2) is 0 Å². The molecule has 0 bridgehead atoms. The lowest BCUT2D eigenvalue weighted by Crippen LogP contribution is -2.10. The van der Waals surface area contributed by atoms with Gasteiger partial charge < -0.3 is 15.2 Å². The second-order valence-electron chi connectivity index (χ2n) is 3.56. The number of thioether (sulfide) groups is 1. The first-order valence-corrected chi connectivity index (χ1v) is 6.41. The van der Waals surface area contributed by atoms with E-state index in [-0.39, 0.29) is 5.92 Å². The van der Waals surface area contributed by atoms with Crippen LogP contribution in [0.2, 0.25) is 0 Å². The Morgan fingerprint density at radius 2 is 2.00 bits per heavy atom. The summed E-state index contributed by atoms with van der Waals surface area (Å²) >= 11 is 1.62. The Bertz CT molecular complexity index is 355. The number of methoxy groups -OCH3 is 2. The predicted octanol–water partition coefficient (Wildman–Crippen LogP) is 2.49. The molecule has 90 valence electrons. The normalized spacial score (nSPS) is 12.3. The van der Waals surface area contributed by atoms with Gasteiger partial charge in [-0.2, -0.15) is 0 Å². The molecule has 0 aliphatic rings. The lowest BCUT2D eigenvalue weighted by molar-refractivity contribution is 0.371. The Balaban J connectivity index is 3.31. The largest absolute Gasteiger partial charge is 0.495 e. The third-order valence-corrected chi connectivity index (χ3v) is 3.41. The van der Waals surface area contributed by atoms with Crippen molar-refractivity contribution >= 4 is 11.8 Å². The molecular formula is C12H19NO2S. The van der Waals surface area contributed by atoms with Crippen molar-refractivity contribution in [2.45, 2.75) is 17.7 Å². The van der Waals surface area contributed by atoms with Gasteiger partial charge in [0.25, 0.3) is 0 Å². The van der Waals surface area contributed by atoms with Crippen molar-refractivity contribution in [1.29, 1.82) is 0 Å². The van der Waals surface area contributed by atoms with Gasteiger partial charge in [0, 0.05) is 0 Å². The predicted molar refractivity (Wildman–Crippen MR) is 68.8 cm³/mol. The first-order chi connectivity index (χ1) is 7.69. The molecule has 4 heteroatoms. The van der Waals surface area contributed by atoms with E-state index in [1.54, 1.807) is 26.0 Å². The second kappa shape index (κ2) is 6.01. The summed E-state index contributed by atoms with van der Waals surface area (Å²) in [6.45, 7) is 2.70. The highest BCUT2D eigenvalue weighted by Crippen LogP contribution is 2.41. The van der Waals surface area contributed by atoms with E-state index < -0.39 is 0 Å². The highest BCUT2D eigenvalue weighted by Gasteiger charge is 2.17. The smallest absolute Gasteiger partial charge is 0.139 e. The molecule has 1 rings (SSSR count). The van der Waals surface area contributed by atoms with Gasteiger partial charge in [-0.15, -0.1) is 11.8 Å². The Morgan fingerprint density at radius 1 is 1.31 bits per heavy atom. The van der Waals surface area contributed by atoms with Crippen LogP contribution in [0.15, 0.2) is 17.0 Å². The summed E-state index contributed by atoms with van der Waals surface area (Å²) in [5.41, 5.74) is 6.83. The monoisotopic (exact) mass is 241 g/mol. The van der Waals surface area contributed by atoms with Crippen LogP contribution in [0.25, 0.3) is 0 Å². The molecule has 0 amide bonds. The Kier molecular flexibility index (Phi) is 4.96. The minimum Gasteiger partial charge on any atom is -0.495 e. The van der Waals surface area contributed by atoms with Gasteiger partial charge in [0.1, 0.15) is 11.5 Å². The maximum Gasteiger partial charge on any atom is 0.139 e. The van der Waals surface area contributed by atoms with Crippen molar-refractivity contribution in [3.8, 4) is 11.5 Å². The molecular weight excluding hydrogens is 222 g/mol. The van der Waals surface area contributed by atoms with Crippen LogP contribution in [0.1, 0.15) is 18.4 Å². The highest BCUT2D eigenvalue weighted by molar-refractivity contribution is 7.98. The van der Waals surface area contributed by atoms with Crippen molar-refractivity contribution < 1.29 is 9.47 Å². The van der Waals surface area contributed by atoms with Crippen LogP contribution in [-0.2, 0) is 0 Å². The van der Waals surface area contributed by atoms with E-state index in [1.165, 1.54) is 0 Å². The molecule has 3 nitrogen and oxygen atoms in total. The number of hydrogen-bond acceptors (Lipinski definition) is 4. The maximum absolute atomic E-state index is 5.70. The molecule has 0 aliphatic carbocycles. The standard InChI is InChI=1S/C12H19NO2S/c1-8(7-13)9-5-6-10(14-2)12(16-4)11(9)15-3/h5-6,8H,7,13H2,1-4H3. The molecule has 0 fully saturated rings. The number of rotatable bonds is 5. The van der Waals surface area contributed by atoms with E-state index in [9.17, 15) is 0 Å². The third kappa shape index (κ3) is 2.44. The summed E-state index contributed by atoms with van der Waals surface area (Å²) in [5, 5.41) is 0. The summed E-state index contributed by atoms with van der Waals surface area (Å²) in [4.78, 5) is 1.03.